The summed E-state index contributed by atoms with van der Waals surface area (Å²) < 4.78 is 22.3. The molecule has 0 saturated heterocycles. The maximum atomic E-state index is 5.78. The molecule has 2 aliphatic rings. The van der Waals surface area contributed by atoms with Gasteiger partial charge in [-0.25, -0.2) is 0 Å². The number of benzene rings is 1. The molecule has 0 bridgehead atoms. The molecule has 1 heterocycles. The summed E-state index contributed by atoms with van der Waals surface area (Å²) in [4.78, 5) is 4.64. The minimum Gasteiger partial charge on any atom is -0.490 e. The smallest absolute Gasteiger partial charge is 0.195 e. The monoisotopic (exact) mass is 391 g/mol. The van der Waals surface area contributed by atoms with E-state index in [4.69, 9.17) is 18.9 Å². The maximum absolute atomic E-state index is 5.78. The van der Waals surface area contributed by atoms with E-state index in [-0.39, 0.29) is 0 Å². The number of ether oxygens (including phenoxy) is 4. The van der Waals surface area contributed by atoms with Gasteiger partial charge in [0, 0.05) is 58.2 Å². The lowest BCUT2D eigenvalue weighted by Gasteiger charge is -2.15. The number of nitrogens with one attached hydrogen (secondary N) is 2. The Hall–Kier alpha value is -1.99. The van der Waals surface area contributed by atoms with E-state index >= 15 is 0 Å². The fourth-order valence-corrected chi connectivity index (χ4v) is 2.83. The molecule has 0 atom stereocenters. The Morgan fingerprint density at radius 3 is 2.82 bits per heavy atom. The van der Waals surface area contributed by atoms with Gasteiger partial charge in [-0.2, -0.15) is 0 Å². The van der Waals surface area contributed by atoms with E-state index < -0.39 is 0 Å². The molecule has 2 N–H and O–H groups in total. The molecule has 1 saturated carbocycles. The first-order valence-electron chi connectivity index (χ1n) is 10.4. The molecular formula is C21H33N3O4. The largest absolute Gasteiger partial charge is 0.490 e. The summed E-state index contributed by atoms with van der Waals surface area (Å²) in [6, 6.07) is 5.89. The molecular weight excluding hydrogens is 358 g/mol. The van der Waals surface area contributed by atoms with E-state index in [0.717, 1.165) is 68.1 Å². The van der Waals surface area contributed by atoms with Crippen molar-refractivity contribution in [3.8, 4) is 11.5 Å². The fourth-order valence-electron chi connectivity index (χ4n) is 2.83. The van der Waals surface area contributed by atoms with Gasteiger partial charge in [-0.15, -0.1) is 0 Å². The van der Waals surface area contributed by atoms with Gasteiger partial charge in [0.25, 0.3) is 0 Å². The van der Waals surface area contributed by atoms with Crippen molar-refractivity contribution in [2.75, 3.05) is 58.6 Å². The van der Waals surface area contributed by atoms with Crippen LogP contribution in [-0.4, -0.2) is 59.2 Å². The molecule has 0 spiro atoms. The first-order chi connectivity index (χ1) is 13.8. The second-order valence-corrected chi connectivity index (χ2v) is 7.21. The summed E-state index contributed by atoms with van der Waals surface area (Å²) in [5.74, 6) is 3.14. The lowest BCUT2D eigenvalue weighted by atomic mass is 10.2. The van der Waals surface area contributed by atoms with Crippen LogP contribution in [0.15, 0.2) is 23.2 Å². The molecule has 7 heteroatoms. The fraction of sp³-hybridized carbons (Fsp3) is 0.667. The minimum atomic E-state index is 0.674. The van der Waals surface area contributed by atoms with Crippen molar-refractivity contribution in [2.45, 2.75) is 32.1 Å². The van der Waals surface area contributed by atoms with Crippen LogP contribution >= 0.6 is 0 Å². The zero-order valence-electron chi connectivity index (χ0n) is 16.9. The third-order valence-corrected chi connectivity index (χ3v) is 4.60. The highest BCUT2D eigenvalue weighted by molar-refractivity contribution is 5.93. The van der Waals surface area contributed by atoms with Gasteiger partial charge in [-0.05, 0) is 43.7 Å². The summed E-state index contributed by atoms with van der Waals surface area (Å²) in [5, 5.41) is 6.75. The highest BCUT2D eigenvalue weighted by atomic mass is 16.5. The number of rotatable bonds is 11. The first-order valence-corrected chi connectivity index (χ1v) is 10.4. The standard InChI is InChI=1S/C21H33N3O4/c1-25-11-2-9-22-21(23-10-3-12-26-16-17-5-6-17)24-18-7-8-19-20(15-18)28-14-4-13-27-19/h7-8,15,17H,2-6,9-14,16H2,1H3,(H2,22,23,24). The van der Waals surface area contributed by atoms with E-state index in [0.29, 0.717) is 26.4 Å². The predicted molar refractivity (Wildman–Crippen MR) is 111 cm³/mol. The number of hydrogen-bond acceptors (Lipinski definition) is 5. The molecule has 28 heavy (non-hydrogen) atoms. The summed E-state index contributed by atoms with van der Waals surface area (Å²) >= 11 is 0. The number of fused-ring (bicyclic) bond motifs is 1. The van der Waals surface area contributed by atoms with Crippen LogP contribution in [0.25, 0.3) is 0 Å². The Bertz CT molecular complexity index is 620. The van der Waals surface area contributed by atoms with E-state index in [2.05, 4.69) is 15.6 Å². The number of nitrogens with zero attached hydrogens (tertiary/aromatic N) is 1. The molecule has 0 radical (unpaired) electrons. The summed E-state index contributed by atoms with van der Waals surface area (Å²) in [7, 11) is 1.71. The van der Waals surface area contributed by atoms with Crippen LogP contribution in [0.5, 0.6) is 11.5 Å². The third-order valence-electron chi connectivity index (χ3n) is 4.60. The van der Waals surface area contributed by atoms with E-state index in [1.165, 1.54) is 12.8 Å². The molecule has 0 amide bonds. The average molecular weight is 392 g/mol. The van der Waals surface area contributed by atoms with Gasteiger partial charge in [0.05, 0.1) is 13.2 Å². The molecule has 3 rings (SSSR count). The van der Waals surface area contributed by atoms with Crippen LogP contribution in [0.4, 0.5) is 5.69 Å². The van der Waals surface area contributed by atoms with Crippen LogP contribution in [0.2, 0.25) is 0 Å². The summed E-state index contributed by atoms with van der Waals surface area (Å²) in [6.07, 6.45) is 5.39. The van der Waals surface area contributed by atoms with Crippen LogP contribution in [0.1, 0.15) is 32.1 Å². The van der Waals surface area contributed by atoms with Gasteiger partial charge in [0.15, 0.2) is 17.5 Å². The Morgan fingerprint density at radius 1 is 1.14 bits per heavy atom. The predicted octanol–water partition coefficient (Wildman–Crippen LogP) is 3.06. The summed E-state index contributed by atoms with van der Waals surface area (Å²) in [5.41, 5.74) is 0.923. The molecule has 1 aromatic carbocycles. The molecule has 0 aromatic heterocycles. The van der Waals surface area contributed by atoms with Gasteiger partial charge in [-0.1, -0.05) is 0 Å². The molecule has 1 aliphatic carbocycles. The highest BCUT2D eigenvalue weighted by Crippen LogP contribution is 2.32. The Morgan fingerprint density at radius 2 is 2.00 bits per heavy atom. The third kappa shape index (κ3) is 7.56. The van der Waals surface area contributed by atoms with E-state index in [1.807, 2.05) is 18.2 Å². The zero-order valence-corrected chi connectivity index (χ0v) is 16.9. The zero-order chi connectivity index (χ0) is 19.4. The van der Waals surface area contributed by atoms with Crippen molar-refractivity contribution in [1.82, 2.24) is 5.32 Å². The lowest BCUT2D eigenvalue weighted by Crippen LogP contribution is -2.32. The number of methoxy groups -OCH3 is 1. The molecule has 156 valence electrons. The van der Waals surface area contributed by atoms with Crippen molar-refractivity contribution in [3.63, 3.8) is 0 Å². The SMILES string of the molecule is COCCCN=C(NCCCOCC1CC1)Nc1ccc2c(c1)OCCCO2. The first kappa shape index (κ1) is 20.7. The molecule has 1 aromatic rings. The van der Waals surface area contributed by atoms with Crippen molar-refractivity contribution < 1.29 is 18.9 Å². The van der Waals surface area contributed by atoms with Crippen molar-refractivity contribution in [2.24, 2.45) is 10.9 Å². The second kappa shape index (κ2) is 11.8. The molecule has 0 unspecified atom stereocenters. The minimum absolute atomic E-state index is 0.674. The van der Waals surface area contributed by atoms with Crippen molar-refractivity contribution in [3.05, 3.63) is 18.2 Å². The van der Waals surface area contributed by atoms with Gasteiger partial charge < -0.3 is 29.6 Å². The number of anilines is 1. The molecule has 1 aliphatic heterocycles. The van der Waals surface area contributed by atoms with E-state index in [9.17, 15) is 0 Å². The van der Waals surface area contributed by atoms with Gasteiger partial charge in [0.1, 0.15) is 0 Å². The van der Waals surface area contributed by atoms with Gasteiger partial charge in [0.2, 0.25) is 0 Å². The lowest BCUT2D eigenvalue weighted by molar-refractivity contribution is 0.123. The van der Waals surface area contributed by atoms with Crippen molar-refractivity contribution in [1.29, 1.82) is 0 Å². The molecule has 7 nitrogen and oxygen atoms in total. The maximum Gasteiger partial charge on any atom is 0.195 e. The Labute approximate surface area is 167 Å². The Kier molecular flexibility index (Phi) is 8.71. The number of guanidine groups is 1. The normalized spacial score (nSPS) is 16.5. The average Bonchev–Trinajstić information content (AvgIpc) is 3.54. The van der Waals surface area contributed by atoms with Gasteiger partial charge >= 0.3 is 0 Å². The highest BCUT2D eigenvalue weighted by Gasteiger charge is 2.20. The second-order valence-electron chi connectivity index (χ2n) is 7.21. The van der Waals surface area contributed by atoms with Crippen LogP contribution in [-0.2, 0) is 9.47 Å². The number of aliphatic imine (C=N–C) groups is 1. The Balaban J connectivity index is 1.49. The van der Waals surface area contributed by atoms with E-state index in [1.54, 1.807) is 7.11 Å². The molecule has 1 fully saturated rings. The van der Waals surface area contributed by atoms with Crippen LogP contribution < -0.4 is 20.1 Å². The van der Waals surface area contributed by atoms with Crippen LogP contribution in [0, 0.1) is 5.92 Å². The quantitative estimate of drug-likeness (QED) is 0.343. The van der Waals surface area contributed by atoms with Crippen LogP contribution in [0.3, 0.4) is 0 Å². The topological polar surface area (TPSA) is 73.3 Å². The van der Waals surface area contributed by atoms with Gasteiger partial charge in [-0.3, -0.25) is 4.99 Å². The van der Waals surface area contributed by atoms with Crippen molar-refractivity contribution >= 4 is 11.6 Å². The summed E-state index contributed by atoms with van der Waals surface area (Å²) in [6.45, 7) is 5.27. The number of hydrogen-bond donors (Lipinski definition) is 2.